The summed E-state index contributed by atoms with van der Waals surface area (Å²) >= 11 is 6.53. The lowest BCUT2D eigenvalue weighted by Crippen LogP contribution is -2.30. The van der Waals surface area contributed by atoms with Crippen molar-refractivity contribution in [3.05, 3.63) is 89.1 Å². The molecule has 33 heavy (non-hydrogen) atoms. The predicted molar refractivity (Wildman–Crippen MR) is 129 cm³/mol. The Morgan fingerprint density at radius 1 is 1.06 bits per heavy atom. The van der Waals surface area contributed by atoms with Gasteiger partial charge in [0, 0.05) is 6.54 Å². The summed E-state index contributed by atoms with van der Waals surface area (Å²) in [6.45, 7) is 6.29. The molecule has 1 saturated heterocycles. The van der Waals surface area contributed by atoms with Crippen LogP contribution in [0.15, 0.2) is 72.9 Å². The maximum atomic E-state index is 12.5. The molecule has 7 heteroatoms. The summed E-state index contributed by atoms with van der Waals surface area (Å²) in [7, 11) is 0. The van der Waals surface area contributed by atoms with Gasteiger partial charge in [0.25, 0.3) is 5.91 Å². The molecule has 1 heterocycles. The first-order valence-corrected chi connectivity index (χ1v) is 10.9. The number of fused-ring (bicyclic) bond motifs is 1. The van der Waals surface area contributed by atoms with E-state index in [0.717, 1.165) is 21.2 Å². The van der Waals surface area contributed by atoms with E-state index in [1.54, 1.807) is 18.2 Å². The number of benzene rings is 3. The number of nitrogens with zero attached hydrogens (tertiary/aromatic N) is 1. The highest BCUT2D eigenvalue weighted by molar-refractivity contribution is 6.32. The van der Waals surface area contributed by atoms with Gasteiger partial charge in [-0.2, -0.15) is 0 Å². The summed E-state index contributed by atoms with van der Waals surface area (Å²) in [4.78, 5) is 25.5. The molecule has 3 amide bonds. The molecule has 3 aromatic carbocycles. The van der Waals surface area contributed by atoms with Crippen molar-refractivity contribution in [2.24, 2.45) is 0 Å². The highest BCUT2D eigenvalue weighted by Crippen LogP contribution is 2.38. The summed E-state index contributed by atoms with van der Waals surface area (Å²) in [6, 6.07) is 17.2. The Labute approximate surface area is 197 Å². The van der Waals surface area contributed by atoms with Gasteiger partial charge >= 0.3 is 6.03 Å². The third-order valence-electron chi connectivity index (χ3n) is 5.11. The van der Waals surface area contributed by atoms with Gasteiger partial charge in [0.05, 0.1) is 11.6 Å². The molecular weight excluding hydrogens is 440 g/mol. The number of carbonyl (C=O) groups excluding carboxylic acids is 2. The number of halogens is 1. The number of imide groups is 1. The van der Waals surface area contributed by atoms with Gasteiger partial charge in [0.1, 0.15) is 12.3 Å². The standard InChI is InChI=1S/C26H23ClN2O4/c1-3-11-29-25(30)22(28-26(29)31)14-18-13-21(27)24(23(15-18)32-4-2)33-16-17-9-10-19-7-5-6-8-20(19)12-17/h3,5-10,12-15H,1,4,11,16H2,2H3,(H,28,31)/b22-14+. The molecule has 1 aliphatic heterocycles. The number of ether oxygens (including phenoxy) is 2. The average Bonchev–Trinajstić information content (AvgIpc) is 3.06. The number of urea groups is 1. The van der Waals surface area contributed by atoms with Crippen molar-refractivity contribution in [1.29, 1.82) is 0 Å². The number of rotatable bonds is 8. The van der Waals surface area contributed by atoms with Crippen LogP contribution in [0, 0.1) is 0 Å². The maximum absolute atomic E-state index is 12.5. The van der Waals surface area contributed by atoms with Gasteiger partial charge in [-0.1, -0.05) is 54.1 Å². The Bertz CT molecular complexity index is 1270. The van der Waals surface area contributed by atoms with Gasteiger partial charge in [-0.05, 0) is 53.1 Å². The summed E-state index contributed by atoms with van der Waals surface area (Å²) in [5.41, 5.74) is 1.76. The van der Waals surface area contributed by atoms with E-state index >= 15 is 0 Å². The average molecular weight is 463 g/mol. The van der Waals surface area contributed by atoms with Crippen LogP contribution in [0.2, 0.25) is 5.02 Å². The van der Waals surface area contributed by atoms with Crippen LogP contribution in [-0.2, 0) is 11.4 Å². The van der Waals surface area contributed by atoms with Gasteiger partial charge in [-0.25, -0.2) is 4.79 Å². The second-order valence-corrected chi connectivity index (χ2v) is 7.83. The Kier molecular flexibility index (Phi) is 6.66. The van der Waals surface area contributed by atoms with Gasteiger partial charge in [-0.3, -0.25) is 9.69 Å². The zero-order chi connectivity index (χ0) is 23.4. The van der Waals surface area contributed by atoms with E-state index in [9.17, 15) is 9.59 Å². The van der Waals surface area contributed by atoms with E-state index in [1.165, 1.54) is 6.08 Å². The normalized spacial score (nSPS) is 14.6. The summed E-state index contributed by atoms with van der Waals surface area (Å²) < 4.78 is 11.8. The largest absolute Gasteiger partial charge is 0.490 e. The lowest BCUT2D eigenvalue weighted by Gasteiger charge is -2.15. The van der Waals surface area contributed by atoms with Crippen molar-refractivity contribution >= 4 is 40.4 Å². The first kappa shape index (κ1) is 22.4. The molecule has 1 N–H and O–H groups in total. The highest BCUT2D eigenvalue weighted by Gasteiger charge is 2.32. The quantitative estimate of drug-likeness (QED) is 0.271. The van der Waals surface area contributed by atoms with Crippen LogP contribution in [-0.4, -0.2) is 30.0 Å². The Hall–Kier alpha value is -3.77. The van der Waals surface area contributed by atoms with Gasteiger partial charge in [-0.15, -0.1) is 6.58 Å². The monoisotopic (exact) mass is 462 g/mol. The lowest BCUT2D eigenvalue weighted by molar-refractivity contribution is -0.122. The van der Waals surface area contributed by atoms with E-state index in [0.29, 0.717) is 35.3 Å². The number of hydrogen-bond donors (Lipinski definition) is 1. The molecule has 6 nitrogen and oxygen atoms in total. The summed E-state index contributed by atoms with van der Waals surface area (Å²) in [5.74, 6) is 0.451. The fourth-order valence-electron chi connectivity index (χ4n) is 3.59. The topological polar surface area (TPSA) is 67.9 Å². The molecule has 3 aromatic rings. The molecular formula is C26H23ClN2O4. The predicted octanol–water partition coefficient (Wildman–Crippen LogP) is 5.55. The maximum Gasteiger partial charge on any atom is 0.329 e. The third kappa shape index (κ3) is 4.86. The molecule has 0 radical (unpaired) electrons. The molecule has 0 spiro atoms. The van der Waals surface area contributed by atoms with E-state index in [2.05, 4.69) is 36.2 Å². The van der Waals surface area contributed by atoms with Crippen molar-refractivity contribution in [3.63, 3.8) is 0 Å². The van der Waals surface area contributed by atoms with Crippen LogP contribution < -0.4 is 14.8 Å². The minimum absolute atomic E-state index is 0.133. The first-order chi connectivity index (χ1) is 16.0. The molecule has 0 unspecified atom stereocenters. The SMILES string of the molecule is C=CCN1C(=O)N/C(=C/c2cc(Cl)c(OCc3ccc4ccccc4c3)c(OCC)c2)C1=O. The van der Waals surface area contributed by atoms with Crippen molar-refractivity contribution in [3.8, 4) is 11.5 Å². The number of nitrogens with one attached hydrogen (secondary N) is 1. The highest BCUT2D eigenvalue weighted by atomic mass is 35.5. The molecule has 1 fully saturated rings. The van der Waals surface area contributed by atoms with Gasteiger partial charge < -0.3 is 14.8 Å². The lowest BCUT2D eigenvalue weighted by atomic mass is 10.1. The van der Waals surface area contributed by atoms with E-state index in [1.807, 2.05) is 25.1 Å². The zero-order valence-electron chi connectivity index (χ0n) is 18.1. The number of carbonyl (C=O) groups is 2. The number of hydrogen-bond acceptors (Lipinski definition) is 4. The first-order valence-electron chi connectivity index (χ1n) is 10.5. The molecule has 0 saturated carbocycles. The molecule has 168 valence electrons. The molecule has 1 aliphatic rings. The Balaban J connectivity index is 1.58. The summed E-state index contributed by atoms with van der Waals surface area (Å²) in [5, 5.41) is 5.20. The molecule has 4 rings (SSSR count). The second-order valence-electron chi connectivity index (χ2n) is 7.43. The van der Waals surface area contributed by atoms with Crippen LogP contribution in [0.5, 0.6) is 11.5 Å². The van der Waals surface area contributed by atoms with Crippen LogP contribution in [0.3, 0.4) is 0 Å². The summed E-state index contributed by atoms with van der Waals surface area (Å²) in [6.07, 6.45) is 3.05. The van der Waals surface area contributed by atoms with Crippen molar-refractivity contribution in [1.82, 2.24) is 10.2 Å². The smallest absolute Gasteiger partial charge is 0.329 e. The van der Waals surface area contributed by atoms with E-state index in [-0.39, 0.29) is 12.2 Å². The minimum Gasteiger partial charge on any atom is -0.490 e. The van der Waals surface area contributed by atoms with Crippen LogP contribution >= 0.6 is 11.6 Å². The molecule has 0 bridgehead atoms. The Morgan fingerprint density at radius 3 is 2.61 bits per heavy atom. The van der Waals surface area contributed by atoms with E-state index < -0.39 is 11.9 Å². The fourth-order valence-corrected chi connectivity index (χ4v) is 3.87. The van der Waals surface area contributed by atoms with Crippen LogP contribution in [0.1, 0.15) is 18.1 Å². The van der Waals surface area contributed by atoms with Gasteiger partial charge in [0.15, 0.2) is 11.5 Å². The number of amides is 3. The van der Waals surface area contributed by atoms with Crippen LogP contribution in [0.4, 0.5) is 4.79 Å². The molecule has 0 aliphatic carbocycles. The Morgan fingerprint density at radius 2 is 1.85 bits per heavy atom. The minimum atomic E-state index is -0.488. The third-order valence-corrected chi connectivity index (χ3v) is 5.39. The molecule has 0 atom stereocenters. The second kappa shape index (κ2) is 9.79. The molecule has 0 aromatic heterocycles. The van der Waals surface area contributed by atoms with Crippen molar-refractivity contribution in [2.45, 2.75) is 13.5 Å². The van der Waals surface area contributed by atoms with Crippen molar-refractivity contribution in [2.75, 3.05) is 13.2 Å². The van der Waals surface area contributed by atoms with Crippen LogP contribution in [0.25, 0.3) is 16.8 Å². The van der Waals surface area contributed by atoms with E-state index in [4.69, 9.17) is 21.1 Å². The zero-order valence-corrected chi connectivity index (χ0v) is 18.9. The fraction of sp³-hybridized carbons (Fsp3) is 0.154. The van der Waals surface area contributed by atoms with Gasteiger partial charge in [0.2, 0.25) is 0 Å². The van der Waals surface area contributed by atoms with Crippen molar-refractivity contribution < 1.29 is 19.1 Å².